The number of carbonyl (C=O) groups excluding carboxylic acids is 1. The molecule has 2 unspecified atom stereocenters. The average Bonchev–Trinajstić information content (AvgIpc) is 2.24. The molecule has 4 heteroatoms. The molecule has 2 N–H and O–H groups in total. The van der Waals surface area contributed by atoms with Crippen LogP contribution in [0.3, 0.4) is 0 Å². The largest absolute Gasteiger partial charge is 0.444 e. The van der Waals surface area contributed by atoms with Gasteiger partial charge in [0.1, 0.15) is 5.60 Å². The predicted octanol–water partition coefficient (Wildman–Crippen LogP) is 3.81. The van der Waals surface area contributed by atoms with Gasteiger partial charge in [0, 0.05) is 19.1 Å². The van der Waals surface area contributed by atoms with Crippen LogP contribution in [0.1, 0.15) is 62.3 Å². The normalized spacial score (nSPS) is 15.7. The second-order valence-electron chi connectivity index (χ2n) is 8.38. The van der Waals surface area contributed by atoms with E-state index >= 15 is 0 Å². The zero-order chi connectivity index (χ0) is 16.8. The number of alkyl carbamates (subject to hydrolysis) is 1. The SMILES string of the molecule is CC(C)C(CNC(=O)OC(C)(C)C)CNC(C)C(C)(C)C. The highest BCUT2D eigenvalue weighted by Gasteiger charge is 2.23. The molecule has 21 heavy (non-hydrogen) atoms. The molecule has 0 aromatic carbocycles. The van der Waals surface area contributed by atoms with Gasteiger partial charge in [-0.15, -0.1) is 0 Å². The molecule has 0 spiro atoms. The molecule has 0 aromatic heterocycles. The number of hydrogen-bond acceptors (Lipinski definition) is 3. The lowest BCUT2D eigenvalue weighted by molar-refractivity contribution is 0.0514. The van der Waals surface area contributed by atoms with Crippen molar-refractivity contribution < 1.29 is 9.53 Å². The van der Waals surface area contributed by atoms with Crippen molar-refractivity contribution in [3.63, 3.8) is 0 Å². The van der Waals surface area contributed by atoms with Crippen molar-refractivity contribution in [3.8, 4) is 0 Å². The molecule has 0 rings (SSSR count). The van der Waals surface area contributed by atoms with Crippen LogP contribution in [0.15, 0.2) is 0 Å². The molecule has 4 nitrogen and oxygen atoms in total. The zero-order valence-electron chi connectivity index (χ0n) is 15.5. The minimum absolute atomic E-state index is 0.236. The summed E-state index contributed by atoms with van der Waals surface area (Å²) in [5, 5.41) is 6.47. The molecular formula is C17H36N2O2. The Labute approximate surface area is 131 Å². The average molecular weight is 300 g/mol. The van der Waals surface area contributed by atoms with Crippen molar-refractivity contribution in [3.05, 3.63) is 0 Å². The molecule has 0 aliphatic carbocycles. The van der Waals surface area contributed by atoms with Crippen LogP contribution >= 0.6 is 0 Å². The fraction of sp³-hybridized carbons (Fsp3) is 0.941. The monoisotopic (exact) mass is 300 g/mol. The van der Waals surface area contributed by atoms with E-state index in [0.29, 0.717) is 24.4 Å². The molecule has 0 saturated carbocycles. The summed E-state index contributed by atoms with van der Waals surface area (Å²) in [6.07, 6.45) is -0.336. The molecule has 126 valence electrons. The first-order valence-corrected chi connectivity index (χ1v) is 8.03. The molecule has 0 heterocycles. The highest BCUT2D eigenvalue weighted by molar-refractivity contribution is 5.67. The van der Waals surface area contributed by atoms with Gasteiger partial charge in [0.05, 0.1) is 0 Å². The summed E-state index contributed by atoms with van der Waals surface area (Å²) in [6.45, 7) is 20.4. The van der Waals surface area contributed by atoms with E-state index in [1.807, 2.05) is 20.8 Å². The Morgan fingerprint density at radius 3 is 1.90 bits per heavy atom. The van der Waals surface area contributed by atoms with E-state index in [0.717, 1.165) is 6.54 Å². The second-order valence-corrected chi connectivity index (χ2v) is 8.38. The standard InChI is InChI=1S/C17H36N2O2/c1-12(2)14(10-18-13(3)16(4,5)6)11-19-15(20)21-17(7,8)9/h12-14,18H,10-11H2,1-9H3,(H,19,20). The third kappa shape index (κ3) is 9.72. The van der Waals surface area contributed by atoms with Crippen LogP contribution in [0.25, 0.3) is 0 Å². The van der Waals surface area contributed by atoms with Gasteiger partial charge < -0.3 is 15.4 Å². The summed E-state index contributed by atoms with van der Waals surface area (Å²) < 4.78 is 5.28. The number of hydrogen-bond donors (Lipinski definition) is 2. The van der Waals surface area contributed by atoms with Gasteiger partial charge in [-0.1, -0.05) is 34.6 Å². The number of nitrogens with one attached hydrogen (secondary N) is 2. The lowest BCUT2D eigenvalue weighted by atomic mass is 9.87. The van der Waals surface area contributed by atoms with Crippen LogP contribution in [0.5, 0.6) is 0 Å². The maximum absolute atomic E-state index is 11.7. The smallest absolute Gasteiger partial charge is 0.407 e. The van der Waals surface area contributed by atoms with Crippen LogP contribution in [0.2, 0.25) is 0 Å². The van der Waals surface area contributed by atoms with Crippen molar-refractivity contribution in [2.75, 3.05) is 13.1 Å². The Kier molecular flexibility index (Phi) is 7.73. The summed E-state index contributed by atoms with van der Waals surface area (Å²) in [5.74, 6) is 0.891. The topological polar surface area (TPSA) is 50.4 Å². The first kappa shape index (κ1) is 20.2. The summed E-state index contributed by atoms with van der Waals surface area (Å²) in [6, 6.07) is 0.431. The molecule has 1 amide bonds. The van der Waals surface area contributed by atoms with E-state index in [9.17, 15) is 4.79 Å². The molecule has 0 aliphatic heterocycles. The minimum Gasteiger partial charge on any atom is -0.444 e. The summed E-state index contributed by atoms with van der Waals surface area (Å²) in [5.41, 5.74) is -0.212. The fourth-order valence-electron chi connectivity index (χ4n) is 1.71. The quantitative estimate of drug-likeness (QED) is 0.784. The number of ether oxygens (including phenoxy) is 1. The minimum atomic E-state index is -0.448. The van der Waals surface area contributed by atoms with E-state index in [-0.39, 0.29) is 11.5 Å². The third-order valence-electron chi connectivity index (χ3n) is 3.84. The molecule has 0 radical (unpaired) electrons. The number of amides is 1. The second kappa shape index (κ2) is 8.02. The lowest BCUT2D eigenvalue weighted by Gasteiger charge is -2.31. The van der Waals surface area contributed by atoms with E-state index in [1.54, 1.807) is 0 Å². The first-order valence-electron chi connectivity index (χ1n) is 8.03. The highest BCUT2D eigenvalue weighted by Crippen LogP contribution is 2.19. The molecule has 0 saturated heterocycles. The zero-order valence-corrected chi connectivity index (χ0v) is 15.5. The molecule has 0 aliphatic rings. The predicted molar refractivity (Wildman–Crippen MR) is 89.5 cm³/mol. The Balaban J connectivity index is 4.30. The molecule has 0 bridgehead atoms. The Morgan fingerprint density at radius 1 is 1.00 bits per heavy atom. The van der Waals surface area contributed by atoms with Gasteiger partial charge in [-0.2, -0.15) is 0 Å². The van der Waals surface area contributed by atoms with Gasteiger partial charge in [-0.25, -0.2) is 4.79 Å². The first-order chi connectivity index (χ1) is 9.33. The van der Waals surface area contributed by atoms with Gasteiger partial charge in [-0.3, -0.25) is 0 Å². The van der Waals surface area contributed by atoms with E-state index in [1.165, 1.54) is 0 Å². The summed E-state index contributed by atoms with van der Waals surface area (Å²) in [7, 11) is 0. The van der Waals surface area contributed by atoms with Gasteiger partial charge in [0.15, 0.2) is 0 Å². The van der Waals surface area contributed by atoms with Crippen LogP contribution in [-0.4, -0.2) is 30.8 Å². The Bertz CT molecular complexity index is 314. The van der Waals surface area contributed by atoms with Crippen molar-refractivity contribution in [2.45, 2.75) is 74.0 Å². The van der Waals surface area contributed by atoms with Gasteiger partial charge >= 0.3 is 6.09 Å². The molecule has 0 aromatic rings. The fourth-order valence-corrected chi connectivity index (χ4v) is 1.71. The molecule has 2 atom stereocenters. The Morgan fingerprint density at radius 2 is 1.52 bits per heavy atom. The van der Waals surface area contributed by atoms with E-state index in [4.69, 9.17) is 4.74 Å². The van der Waals surface area contributed by atoms with Crippen LogP contribution < -0.4 is 10.6 Å². The highest BCUT2D eigenvalue weighted by atomic mass is 16.6. The lowest BCUT2D eigenvalue weighted by Crippen LogP contribution is -2.44. The maximum atomic E-state index is 11.7. The number of carbonyl (C=O) groups is 1. The van der Waals surface area contributed by atoms with Gasteiger partial charge in [0.25, 0.3) is 0 Å². The summed E-state index contributed by atoms with van der Waals surface area (Å²) >= 11 is 0. The van der Waals surface area contributed by atoms with Crippen LogP contribution in [0.4, 0.5) is 4.79 Å². The van der Waals surface area contributed by atoms with E-state index in [2.05, 4.69) is 52.2 Å². The van der Waals surface area contributed by atoms with Crippen LogP contribution in [0, 0.1) is 17.3 Å². The van der Waals surface area contributed by atoms with Crippen molar-refractivity contribution in [2.24, 2.45) is 17.3 Å². The van der Waals surface area contributed by atoms with Gasteiger partial charge in [-0.05, 0) is 44.9 Å². The van der Waals surface area contributed by atoms with Gasteiger partial charge in [0.2, 0.25) is 0 Å². The maximum Gasteiger partial charge on any atom is 0.407 e. The van der Waals surface area contributed by atoms with Crippen molar-refractivity contribution in [1.82, 2.24) is 10.6 Å². The summed E-state index contributed by atoms with van der Waals surface area (Å²) in [4.78, 5) is 11.7. The van der Waals surface area contributed by atoms with Crippen LogP contribution in [-0.2, 0) is 4.74 Å². The molecular weight excluding hydrogens is 264 g/mol. The van der Waals surface area contributed by atoms with E-state index < -0.39 is 5.60 Å². The Hall–Kier alpha value is -0.770. The third-order valence-corrected chi connectivity index (χ3v) is 3.84. The van der Waals surface area contributed by atoms with Crippen molar-refractivity contribution >= 4 is 6.09 Å². The van der Waals surface area contributed by atoms with Crippen molar-refractivity contribution in [1.29, 1.82) is 0 Å². The number of rotatable bonds is 6. The molecule has 0 fully saturated rings.